The molecule has 0 N–H and O–H groups in total. The normalized spacial score (nSPS) is 11.9. The molecule has 0 aliphatic carbocycles. The maximum atomic E-state index is 12.7. The molecule has 0 aromatic rings. The summed E-state index contributed by atoms with van der Waals surface area (Å²) in [5, 5.41) is 0. The third-order valence-electron chi connectivity index (χ3n) is 10.5. The quantitative estimate of drug-likeness (QED) is 0.0351. The molecule has 0 unspecified atom stereocenters. The molecule has 0 fully saturated rings. The van der Waals surface area contributed by atoms with Crippen molar-refractivity contribution >= 4 is 17.9 Å². The second-order valence-electron chi connectivity index (χ2n) is 16.5. The Kier molecular flexibility index (Phi) is 40.3. The summed E-state index contributed by atoms with van der Waals surface area (Å²) < 4.78 is 16.7. The van der Waals surface area contributed by atoms with Gasteiger partial charge in [0.05, 0.1) is 0 Å². The molecule has 0 aromatic heterocycles. The van der Waals surface area contributed by atoms with Crippen LogP contribution in [-0.2, 0) is 28.6 Å². The van der Waals surface area contributed by atoms with Crippen LogP contribution in [0.3, 0.4) is 0 Å². The molecule has 0 amide bonds. The largest absolute Gasteiger partial charge is 0.462 e. The summed E-state index contributed by atoms with van der Waals surface area (Å²) in [6, 6.07) is 0. The van der Waals surface area contributed by atoms with Crippen LogP contribution in [0.15, 0.2) is 0 Å². The minimum atomic E-state index is -0.759. The molecule has 0 saturated carbocycles. The molecular weight excluding hydrogens is 661 g/mol. The highest BCUT2D eigenvalue weighted by atomic mass is 16.6. The van der Waals surface area contributed by atoms with Gasteiger partial charge in [-0.1, -0.05) is 220 Å². The van der Waals surface area contributed by atoms with Gasteiger partial charge in [0.25, 0.3) is 0 Å². The first-order chi connectivity index (χ1) is 25.9. The van der Waals surface area contributed by atoms with Crippen molar-refractivity contribution in [3.05, 3.63) is 0 Å². The molecule has 0 bridgehead atoms. The molecule has 0 aliphatic rings. The van der Waals surface area contributed by atoms with E-state index in [1.165, 1.54) is 154 Å². The van der Waals surface area contributed by atoms with Crippen molar-refractivity contribution in [1.82, 2.24) is 0 Å². The maximum absolute atomic E-state index is 12.7. The molecule has 0 radical (unpaired) electrons. The molecule has 6 heteroatoms. The van der Waals surface area contributed by atoms with Crippen LogP contribution in [0.2, 0.25) is 0 Å². The van der Waals surface area contributed by atoms with Crippen molar-refractivity contribution in [2.75, 3.05) is 13.2 Å². The summed E-state index contributed by atoms with van der Waals surface area (Å²) in [7, 11) is 0. The Hall–Kier alpha value is -1.59. The van der Waals surface area contributed by atoms with Gasteiger partial charge < -0.3 is 14.2 Å². The molecule has 0 aliphatic heterocycles. The van der Waals surface area contributed by atoms with Crippen molar-refractivity contribution in [3.63, 3.8) is 0 Å². The zero-order valence-electron chi connectivity index (χ0n) is 36.0. The summed E-state index contributed by atoms with van der Waals surface area (Å²) in [5.74, 6) is -0.0383. The minimum absolute atomic E-state index is 0.0637. The standard InChI is InChI=1S/C47H90O6/c1-5-7-9-11-13-15-16-17-18-23-27-31-35-39-46(49)52-42-44(41-51-45(48)38-34-30-26-21-14-12-10-8-6-2)53-47(50)40-36-32-28-24-20-19-22-25-29-33-37-43(3)4/h43-44H,5-42H2,1-4H3/t44-/m0/s1. The fourth-order valence-electron chi connectivity index (χ4n) is 6.98. The lowest BCUT2D eigenvalue weighted by Gasteiger charge is -2.18. The summed E-state index contributed by atoms with van der Waals surface area (Å²) in [5.41, 5.74) is 0. The third-order valence-corrected chi connectivity index (χ3v) is 10.5. The number of hydrogen-bond acceptors (Lipinski definition) is 6. The number of hydrogen-bond donors (Lipinski definition) is 0. The first-order valence-electron chi connectivity index (χ1n) is 23.4. The van der Waals surface area contributed by atoms with Gasteiger partial charge in [0.2, 0.25) is 0 Å². The van der Waals surface area contributed by atoms with Crippen LogP contribution in [0.4, 0.5) is 0 Å². The second-order valence-corrected chi connectivity index (χ2v) is 16.5. The van der Waals surface area contributed by atoms with E-state index in [0.717, 1.165) is 63.7 Å². The van der Waals surface area contributed by atoms with Crippen LogP contribution in [0, 0.1) is 5.92 Å². The van der Waals surface area contributed by atoms with Gasteiger partial charge in [0, 0.05) is 19.3 Å². The lowest BCUT2D eigenvalue weighted by Crippen LogP contribution is -2.30. The van der Waals surface area contributed by atoms with E-state index >= 15 is 0 Å². The van der Waals surface area contributed by atoms with Crippen molar-refractivity contribution < 1.29 is 28.6 Å². The molecule has 0 saturated heterocycles. The van der Waals surface area contributed by atoms with E-state index in [1.807, 2.05) is 0 Å². The zero-order valence-corrected chi connectivity index (χ0v) is 36.0. The van der Waals surface area contributed by atoms with Crippen LogP contribution in [-0.4, -0.2) is 37.2 Å². The Labute approximate surface area is 329 Å². The number of carbonyl (C=O) groups excluding carboxylic acids is 3. The predicted molar refractivity (Wildman–Crippen MR) is 224 cm³/mol. The third kappa shape index (κ3) is 41.4. The Morgan fingerprint density at radius 1 is 0.358 bits per heavy atom. The van der Waals surface area contributed by atoms with Crippen LogP contribution in [0.1, 0.15) is 259 Å². The molecule has 1 atom stereocenters. The van der Waals surface area contributed by atoms with Crippen molar-refractivity contribution in [2.24, 2.45) is 5.92 Å². The molecule has 0 spiro atoms. The van der Waals surface area contributed by atoms with E-state index in [-0.39, 0.29) is 31.1 Å². The van der Waals surface area contributed by atoms with E-state index in [0.29, 0.717) is 19.3 Å². The summed E-state index contributed by atoms with van der Waals surface area (Å²) >= 11 is 0. The highest BCUT2D eigenvalue weighted by Crippen LogP contribution is 2.16. The Bertz CT molecular complexity index is 796. The van der Waals surface area contributed by atoms with E-state index in [1.54, 1.807) is 0 Å². The molecule has 0 heterocycles. The number of ether oxygens (including phenoxy) is 3. The Morgan fingerprint density at radius 3 is 0.925 bits per heavy atom. The van der Waals surface area contributed by atoms with Crippen LogP contribution in [0.25, 0.3) is 0 Å². The molecule has 0 aromatic carbocycles. The summed E-state index contributed by atoms with van der Waals surface area (Å²) in [6.45, 7) is 8.97. The Morgan fingerprint density at radius 2 is 0.623 bits per heavy atom. The highest BCUT2D eigenvalue weighted by Gasteiger charge is 2.19. The van der Waals surface area contributed by atoms with E-state index in [9.17, 15) is 14.4 Å². The molecular formula is C47H90O6. The highest BCUT2D eigenvalue weighted by molar-refractivity contribution is 5.71. The van der Waals surface area contributed by atoms with Gasteiger partial charge >= 0.3 is 17.9 Å². The monoisotopic (exact) mass is 751 g/mol. The SMILES string of the molecule is CCCCCCCCCCCCCCCC(=O)OC[C@H](COC(=O)CCCCCCCCCCC)OC(=O)CCCCCCCCCCCCC(C)C. The fourth-order valence-corrected chi connectivity index (χ4v) is 6.98. The molecule has 6 nitrogen and oxygen atoms in total. The van der Waals surface area contributed by atoms with Gasteiger partial charge in [-0.2, -0.15) is 0 Å². The van der Waals surface area contributed by atoms with Crippen LogP contribution < -0.4 is 0 Å². The van der Waals surface area contributed by atoms with Crippen LogP contribution >= 0.6 is 0 Å². The number of esters is 3. The van der Waals surface area contributed by atoms with Gasteiger partial charge in [-0.3, -0.25) is 14.4 Å². The van der Waals surface area contributed by atoms with Gasteiger partial charge in [-0.25, -0.2) is 0 Å². The number of rotatable bonds is 42. The van der Waals surface area contributed by atoms with E-state index in [2.05, 4.69) is 27.7 Å². The smallest absolute Gasteiger partial charge is 0.306 e. The molecule has 53 heavy (non-hydrogen) atoms. The average Bonchev–Trinajstić information content (AvgIpc) is 3.14. The Balaban J connectivity index is 4.31. The minimum Gasteiger partial charge on any atom is -0.462 e. The second kappa shape index (κ2) is 41.6. The predicted octanol–water partition coefficient (Wildman–Crippen LogP) is 14.7. The van der Waals surface area contributed by atoms with Crippen molar-refractivity contribution in [1.29, 1.82) is 0 Å². The van der Waals surface area contributed by atoms with Gasteiger partial charge in [0.15, 0.2) is 6.10 Å². The number of unbranched alkanes of at least 4 members (excludes halogenated alkanes) is 29. The topological polar surface area (TPSA) is 78.9 Å². The van der Waals surface area contributed by atoms with Gasteiger partial charge in [0.1, 0.15) is 13.2 Å². The molecule has 314 valence electrons. The average molecular weight is 751 g/mol. The van der Waals surface area contributed by atoms with Crippen molar-refractivity contribution in [2.45, 2.75) is 265 Å². The zero-order chi connectivity index (χ0) is 38.9. The van der Waals surface area contributed by atoms with Gasteiger partial charge in [-0.05, 0) is 25.2 Å². The lowest BCUT2D eigenvalue weighted by atomic mass is 10.0. The van der Waals surface area contributed by atoms with Crippen molar-refractivity contribution in [3.8, 4) is 0 Å². The molecule has 0 rings (SSSR count). The number of carbonyl (C=O) groups is 3. The summed E-state index contributed by atoms with van der Waals surface area (Å²) in [4.78, 5) is 37.7. The maximum Gasteiger partial charge on any atom is 0.306 e. The lowest BCUT2D eigenvalue weighted by molar-refractivity contribution is -0.167. The van der Waals surface area contributed by atoms with Crippen LogP contribution in [0.5, 0.6) is 0 Å². The first kappa shape index (κ1) is 51.4. The first-order valence-corrected chi connectivity index (χ1v) is 23.4. The fraction of sp³-hybridized carbons (Fsp3) is 0.936. The van der Waals surface area contributed by atoms with E-state index in [4.69, 9.17) is 14.2 Å². The summed E-state index contributed by atoms with van der Waals surface area (Å²) in [6.07, 6.45) is 40.8. The van der Waals surface area contributed by atoms with E-state index < -0.39 is 6.10 Å². The van der Waals surface area contributed by atoms with Gasteiger partial charge in [-0.15, -0.1) is 0 Å².